The second-order valence-corrected chi connectivity index (χ2v) is 8.99. The molecular formula is C25H20Cl2F3N3O2. The molecule has 2 aromatic carbocycles. The van der Waals surface area contributed by atoms with Crippen LogP contribution in [0.2, 0.25) is 10.0 Å². The number of pyridine rings is 1. The molecule has 1 fully saturated rings. The van der Waals surface area contributed by atoms with Crippen LogP contribution >= 0.6 is 23.2 Å². The highest BCUT2D eigenvalue weighted by Crippen LogP contribution is 2.49. The summed E-state index contributed by atoms with van der Waals surface area (Å²) >= 11 is 12.5. The lowest BCUT2D eigenvalue weighted by atomic mass is 10.0. The average Bonchev–Trinajstić information content (AvgIpc) is 3.43. The van der Waals surface area contributed by atoms with E-state index in [9.17, 15) is 18.0 Å². The van der Waals surface area contributed by atoms with E-state index < -0.39 is 23.6 Å². The van der Waals surface area contributed by atoms with Gasteiger partial charge in [-0.1, -0.05) is 35.8 Å². The Morgan fingerprint density at radius 1 is 1.26 bits per heavy atom. The Morgan fingerprint density at radius 2 is 1.97 bits per heavy atom. The first-order valence-corrected chi connectivity index (χ1v) is 11.2. The van der Waals surface area contributed by atoms with Crippen molar-refractivity contribution >= 4 is 40.6 Å². The van der Waals surface area contributed by atoms with E-state index in [-0.39, 0.29) is 46.4 Å². The minimum Gasteiger partial charge on any atom is -0.489 e. The second-order valence-electron chi connectivity index (χ2n) is 8.18. The van der Waals surface area contributed by atoms with E-state index in [0.29, 0.717) is 16.1 Å². The van der Waals surface area contributed by atoms with Gasteiger partial charge in [0, 0.05) is 47.1 Å². The Kier molecular flexibility index (Phi) is 6.71. The van der Waals surface area contributed by atoms with Gasteiger partial charge in [0.05, 0.1) is 23.1 Å². The molecule has 1 heterocycles. The Hall–Kier alpha value is -3.23. The van der Waals surface area contributed by atoms with Crippen molar-refractivity contribution < 1.29 is 22.7 Å². The van der Waals surface area contributed by atoms with Gasteiger partial charge < -0.3 is 15.4 Å². The van der Waals surface area contributed by atoms with Gasteiger partial charge in [-0.3, -0.25) is 4.79 Å². The number of nitrogens with zero attached hydrogens (tertiary/aromatic N) is 2. The van der Waals surface area contributed by atoms with Crippen molar-refractivity contribution in [1.29, 1.82) is 0 Å². The van der Waals surface area contributed by atoms with E-state index in [1.807, 2.05) is 0 Å². The molecule has 4 rings (SSSR count). The number of benzene rings is 2. The Balaban J connectivity index is 1.75. The van der Waals surface area contributed by atoms with Crippen LogP contribution in [0, 0.1) is 11.7 Å². The van der Waals surface area contributed by atoms with Crippen molar-refractivity contribution in [3.63, 3.8) is 0 Å². The smallest absolute Gasteiger partial charge is 0.255 e. The molecule has 0 spiro atoms. The SMILES string of the molecule is C=C(c1c(F)cccc1Cl)N(C)c1ncc(-c2cc(C(N)=O)ccc2Cl)cc1OCC1CC1(F)F. The predicted molar refractivity (Wildman–Crippen MR) is 131 cm³/mol. The van der Waals surface area contributed by atoms with Crippen molar-refractivity contribution in [3.8, 4) is 16.9 Å². The fraction of sp³-hybridized carbons (Fsp3) is 0.200. The van der Waals surface area contributed by atoms with Crippen LogP contribution in [0.1, 0.15) is 22.3 Å². The normalized spacial score (nSPS) is 16.0. The molecule has 0 bridgehead atoms. The number of alkyl halides is 2. The summed E-state index contributed by atoms with van der Waals surface area (Å²) in [6.07, 6.45) is 1.20. The first-order valence-electron chi connectivity index (χ1n) is 10.5. The third-order valence-corrected chi connectivity index (χ3v) is 6.41. The summed E-state index contributed by atoms with van der Waals surface area (Å²) in [5.41, 5.74) is 6.77. The number of hydrogen-bond acceptors (Lipinski definition) is 4. The number of rotatable bonds is 8. The van der Waals surface area contributed by atoms with Gasteiger partial charge in [-0.15, -0.1) is 0 Å². The van der Waals surface area contributed by atoms with E-state index in [4.69, 9.17) is 33.7 Å². The van der Waals surface area contributed by atoms with E-state index in [2.05, 4.69) is 11.6 Å². The lowest BCUT2D eigenvalue weighted by Crippen LogP contribution is -2.19. The molecule has 1 aliphatic carbocycles. The van der Waals surface area contributed by atoms with Crippen molar-refractivity contribution in [1.82, 2.24) is 4.98 Å². The summed E-state index contributed by atoms with van der Waals surface area (Å²) < 4.78 is 47.2. The molecule has 0 aliphatic heterocycles. The number of ether oxygens (including phenoxy) is 1. The number of carbonyl (C=O) groups excluding carboxylic acids is 1. The van der Waals surface area contributed by atoms with Crippen LogP contribution in [0.25, 0.3) is 16.8 Å². The van der Waals surface area contributed by atoms with Gasteiger partial charge in [0.15, 0.2) is 11.6 Å². The van der Waals surface area contributed by atoms with Gasteiger partial charge in [-0.2, -0.15) is 0 Å². The average molecular weight is 522 g/mol. The maximum Gasteiger partial charge on any atom is 0.255 e. The maximum absolute atomic E-state index is 14.5. The molecule has 1 amide bonds. The van der Waals surface area contributed by atoms with Gasteiger partial charge >= 0.3 is 0 Å². The fourth-order valence-electron chi connectivity index (χ4n) is 3.55. The second kappa shape index (κ2) is 9.43. The molecule has 10 heteroatoms. The first kappa shape index (κ1) is 24.9. The topological polar surface area (TPSA) is 68.5 Å². The molecule has 0 saturated heterocycles. The third kappa shape index (κ3) is 5.09. The lowest BCUT2D eigenvalue weighted by Gasteiger charge is -2.25. The first-order chi connectivity index (χ1) is 16.5. The highest BCUT2D eigenvalue weighted by atomic mass is 35.5. The lowest BCUT2D eigenvalue weighted by molar-refractivity contribution is 0.0856. The summed E-state index contributed by atoms with van der Waals surface area (Å²) in [6, 6.07) is 10.3. The van der Waals surface area contributed by atoms with E-state index in [1.165, 1.54) is 47.5 Å². The number of amides is 1. The van der Waals surface area contributed by atoms with Gasteiger partial charge in [-0.25, -0.2) is 18.2 Å². The number of halogens is 5. The number of nitrogens with two attached hydrogens (primary N) is 1. The molecule has 1 unspecified atom stereocenters. The molecule has 1 saturated carbocycles. The Labute approximate surface area is 209 Å². The molecular weight excluding hydrogens is 502 g/mol. The van der Waals surface area contributed by atoms with Gasteiger partial charge in [0.2, 0.25) is 5.91 Å². The summed E-state index contributed by atoms with van der Waals surface area (Å²) in [5.74, 6) is -4.58. The third-order valence-electron chi connectivity index (χ3n) is 5.76. The number of anilines is 1. The summed E-state index contributed by atoms with van der Waals surface area (Å²) in [6.45, 7) is 3.68. The molecule has 1 atom stereocenters. The van der Waals surface area contributed by atoms with Crippen LogP contribution in [0.15, 0.2) is 55.2 Å². The fourth-order valence-corrected chi connectivity index (χ4v) is 4.05. The number of primary amides is 1. The molecule has 1 aliphatic rings. The van der Waals surface area contributed by atoms with Crippen LogP contribution in [0.4, 0.5) is 19.0 Å². The van der Waals surface area contributed by atoms with Crippen LogP contribution in [0.3, 0.4) is 0 Å². The number of carbonyl (C=O) groups is 1. The molecule has 0 radical (unpaired) electrons. The number of aromatic nitrogens is 1. The van der Waals surface area contributed by atoms with Crippen molar-refractivity contribution in [2.45, 2.75) is 12.3 Å². The molecule has 5 nitrogen and oxygen atoms in total. The van der Waals surface area contributed by atoms with Gasteiger partial charge in [0.25, 0.3) is 5.92 Å². The van der Waals surface area contributed by atoms with Gasteiger partial charge in [0.1, 0.15) is 5.82 Å². The van der Waals surface area contributed by atoms with Crippen molar-refractivity contribution in [2.75, 3.05) is 18.6 Å². The molecule has 3 aromatic rings. The van der Waals surface area contributed by atoms with Crippen LogP contribution in [-0.2, 0) is 0 Å². The van der Waals surface area contributed by atoms with Crippen LogP contribution in [-0.4, -0.2) is 30.5 Å². The predicted octanol–water partition coefficient (Wildman–Crippen LogP) is 6.43. The van der Waals surface area contributed by atoms with Crippen molar-refractivity contribution in [2.24, 2.45) is 11.7 Å². The standard InChI is InChI=1S/C25H20Cl2F3N3O2/c1-13(22-19(27)4-3-5-20(22)28)33(2)24-21(35-12-16-10-25(16,29)30)9-15(11-32-24)17-8-14(23(31)34)6-7-18(17)26/h3-9,11,16H,1,10,12H2,2H3,(H2,31,34). The van der Waals surface area contributed by atoms with E-state index >= 15 is 0 Å². The minimum atomic E-state index is -2.78. The summed E-state index contributed by atoms with van der Waals surface area (Å²) in [5, 5.41) is 0.466. The summed E-state index contributed by atoms with van der Waals surface area (Å²) in [7, 11) is 1.58. The highest BCUT2D eigenvalue weighted by molar-refractivity contribution is 6.33. The summed E-state index contributed by atoms with van der Waals surface area (Å²) in [4.78, 5) is 17.5. The minimum absolute atomic E-state index is 0.0689. The molecule has 182 valence electrons. The van der Waals surface area contributed by atoms with Crippen molar-refractivity contribution in [3.05, 3.63) is 82.2 Å². The quantitative estimate of drug-likeness (QED) is 0.370. The Bertz CT molecular complexity index is 1310. The molecule has 35 heavy (non-hydrogen) atoms. The van der Waals surface area contributed by atoms with E-state index in [1.54, 1.807) is 13.1 Å². The monoisotopic (exact) mass is 521 g/mol. The van der Waals surface area contributed by atoms with Crippen LogP contribution in [0.5, 0.6) is 5.75 Å². The zero-order valence-electron chi connectivity index (χ0n) is 18.5. The maximum atomic E-state index is 14.5. The molecule has 2 N–H and O–H groups in total. The highest BCUT2D eigenvalue weighted by Gasteiger charge is 2.57. The van der Waals surface area contributed by atoms with Gasteiger partial charge in [-0.05, 0) is 36.4 Å². The van der Waals surface area contributed by atoms with E-state index in [0.717, 1.165) is 0 Å². The molecule has 1 aromatic heterocycles. The zero-order chi connectivity index (χ0) is 25.5. The van der Waals surface area contributed by atoms with Crippen LogP contribution < -0.4 is 15.4 Å². The Morgan fingerprint density at radius 3 is 2.60 bits per heavy atom. The largest absolute Gasteiger partial charge is 0.489 e. The zero-order valence-corrected chi connectivity index (χ0v) is 20.0. The number of hydrogen-bond donors (Lipinski definition) is 1.